The molecule has 4 aromatic heterocycles. The number of aromatic nitrogens is 4. The summed E-state index contributed by atoms with van der Waals surface area (Å²) in [6.45, 7) is 15.5. The number of pyridine rings is 4. The highest BCUT2D eigenvalue weighted by molar-refractivity contribution is 5.76. The van der Waals surface area contributed by atoms with Gasteiger partial charge in [-0.25, -0.2) is 4.79 Å². The van der Waals surface area contributed by atoms with Crippen molar-refractivity contribution < 1.29 is 38.0 Å². The zero-order chi connectivity index (χ0) is 50.9. The largest absolute Gasteiger partial charge is 0.486 e. The van der Waals surface area contributed by atoms with Crippen LogP contribution in [0.4, 0.5) is 4.79 Å². The predicted molar refractivity (Wildman–Crippen MR) is 278 cm³/mol. The first-order valence-corrected chi connectivity index (χ1v) is 25.4. The van der Waals surface area contributed by atoms with Gasteiger partial charge in [0, 0.05) is 99.5 Å². The van der Waals surface area contributed by atoms with E-state index in [-0.39, 0.29) is 23.3 Å². The molecule has 0 spiro atoms. The van der Waals surface area contributed by atoms with Crippen LogP contribution in [0.1, 0.15) is 57.6 Å². The number of piperidine rings is 2. The molecular weight excluding hydrogens is 933 g/mol. The van der Waals surface area contributed by atoms with Crippen LogP contribution in [0.25, 0.3) is 22.1 Å². The molecule has 4 aliphatic rings. The summed E-state index contributed by atoms with van der Waals surface area (Å²) in [7, 11) is 3.16. The lowest BCUT2D eigenvalue weighted by molar-refractivity contribution is 0.00561. The average Bonchev–Trinajstić information content (AvgIpc) is 3.41. The highest BCUT2D eigenvalue weighted by atomic mass is 16.6. The lowest BCUT2D eigenvalue weighted by Gasteiger charge is -2.39. The first-order valence-electron chi connectivity index (χ1n) is 25.4. The molecule has 2 aromatic carbocycles. The monoisotopic (exact) mass is 1000 g/mol. The molecule has 10 rings (SSSR count). The van der Waals surface area contributed by atoms with Gasteiger partial charge in [-0.3, -0.25) is 18.7 Å². The molecule has 0 aliphatic carbocycles. The van der Waals surface area contributed by atoms with Crippen molar-refractivity contribution in [2.45, 2.75) is 90.3 Å². The van der Waals surface area contributed by atoms with Crippen LogP contribution in [0.15, 0.2) is 94.5 Å². The fourth-order valence-electron chi connectivity index (χ4n) is 9.75. The van der Waals surface area contributed by atoms with Crippen LogP contribution in [0.2, 0.25) is 0 Å². The zero-order valence-corrected chi connectivity index (χ0v) is 42.7. The molecular formula is C55H68N8O10. The number of hydrogen-bond acceptors (Lipinski definition) is 15. The number of fused-ring (bicyclic) bond motifs is 4. The molecule has 388 valence electrons. The van der Waals surface area contributed by atoms with Gasteiger partial charge in [-0.15, -0.1) is 0 Å². The third kappa shape index (κ3) is 13.0. The van der Waals surface area contributed by atoms with E-state index in [1.54, 1.807) is 47.6 Å². The Morgan fingerprint density at radius 3 is 1.59 bits per heavy atom. The van der Waals surface area contributed by atoms with E-state index >= 15 is 0 Å². The summed E-state index contributed by atoms with van der Waals surface area (Å²) < 4.78 is 42.5. The smallest absolute Gasteiger partial charge is 0.410 e. The van der Waals surface area contributed by atoms with Gasteiger partial charge in [0.2, 0.25) is 11.8 Å². The molecule has 18 heteroatoms. The molecule has 0 atom stereocenters. The van der Waals surface area contributed by atoms with Crippen molar-refractivity contribution in [1.82, 2.24) is 39.1 Å². The van der Waals surface area contributed by atoms with Crippen LogP contribution < -0.4 is 44.9 Å². The van der Waals surface area contributed by atoms with Crippen LogP contribution in [-0.4, -0.2) is 137 Å². The lowest BCUT2D eigenvalue weighted by Crippen LogP contribution is -2.49. The molecule has 0 bridgehead atoms. The Bertz CT molecular complexity index is 2980. The Balaban J connectivity index is 0.000000183. The molecule has 1 amide bonds. The normalized spacial score (nSPS) is 16.4. The molecule has 8 heterocycles. The summed E-state index contributed by atoms with van der Waals surface area (Å²) in [5, 5.41) is 5.52. The van der Waals surface area contributed by atoms with Gasteiger partial charge in [0.15, 0.2) is 23.0 Å². The second-order valence-electron chi connectivity index (χ2n) is 19.8. The van der Waals surface area contributed by atoms with E-state index in [0.717, 1.165) is 98.5 Å². The topological polar surface area (TPSA) is 173 Å². The molecule has 1 N–H and O–H groups in total. The van der Waals surface area contributed by atoms with E-state index in [2.05, 4.69) is 37.2 Å². The van der Waals surface area contributed by atoms with Gasteiger partial charge in [-0.2, -0.15) is 9.97 Å². The summed E-state index contributed by atoms with van der Waals surface area (Å²) in [6, 6.07) is 26.8. The fraction of sp³-hybridized carbons (Fsp3) is 0.473. The van der Waals surface area contributed by atoms with Crippen LogP contribution in [-0.2, 0) is 30.9 Å². The van der Waals surface area contributed by atoms with Crippen LogP contribution >= 0.6 is 0 Å². The maximum Gasteiger partial charge on any atom is 0.410 e. The van der Waals surface area contributed by atoms with E-state index in [1.165, 1.54) is 5.56 Å². The van der Waals surface area contributed by atoms with E-state index in [9.17, 15) is 14.4 Å². The van der Waals surface area contributed by atoms with Gasteiger partial charge < -0.3 is 53.2 Å². The molecule has 4 aliphatic heterocycles. The first-order chi connectivity index (χ1) is 35.4. The molecule has 2 fully saturated rings. The molecule has 6 aromatic rings. The Morgan fingerprint density at radius 1 is 0.616 bits per heavy atom. The minimum absolute atomic E-state index is 0.0285. The van der Waals surface area contributed by atoms with E-state index < -0.39 is 5.60 Å². The molecule has 0 saturated carbocycles. The highest BCUT2D eigenvalue weighted by Crippen LogP contribution is 2.33. The van der Waals surface area contributed by atoms with Gasteiger partial charge in [0.1, 0.15) is 43.3 Å². The SMILES string of the molecule is COc1ccc2ccc(=O)n(CCN3CCC(N(Cc4ccc5c(c4)OCCO5)C(=O)OC(C)(C)C)CC3)c2n1.COc1ccc2ccc(=O)n(CCN3CCC(NCc4ccc5c(c4)OCCO5)CC3)c2n1. The number of likely N-dealkylation sites (tertiary alicyclic amines) is 2. The number of methoxy groups -OCH3 is 2. The number of carbonyl (C=O) groups is 1. The third-order valence-electron chi connectivity index (χ3n) is 13.7. The summed E-state index contributed by atoms with van der Waals surface area (Å²) >= 11 is 0. The van der Waals surface area contributed by atoms with Crippen molar-refractivity contribution in [3.8, 4) is 34.8 Å². The third-order valence-corrected chi connectivity index (χ3v) is 13.7. The summed E-state index contributed by atoms with van der Waals surface area (Å²) in [5.74, 6) is 4.10. The van der Waals surface area contributed by atoms with Crippen molar-refractivity contribution >= 4 is 28.2 Å². The maximum atomic E-state index is 13.3. The molecule has 0 unspecified atom stereocenters. The molecule has 2 saturated heterocycles. The highest BCUT2D eigenvalue weighted by Gasteiger charge is 2.32. The number of nitrogens with zero attached hydrogens (tertiary/aromatic N) is 7. The van der Waals surface area contributed by atoms with Gasteiger partial charge >= 0.3 is 6.09 Å². The molecule has 73 heavy (non-hydrogen) atoms. The Labute approximate surface area is 425 Å². The van der Waals surface area contributed by atoms with Crippen molar-refractivity contribution in [1.29, 1.82) is 0 Å². The Kier molecular flexibility index (Phi) is 16.3. The number of amides is 1. The molecule has 18 nitrogen and oxygen atoms in total. The summed E-state index contributed by atoms with van der Waals surface area (Å²) in [5.41, 5.74) is 2.77. The second kappa shape index (κ2) is 23.3. The van der Waals surface area contributed by atoms with Crippen LogP contribution in [0.5, 0.6) is 34.8 Å². The van der Waals surface area contributed by atoms with Crippen LogP contribution in [0, 0.1) is 0 Å². The lowest BCUT2D eigenvalue weighted by atomic mass is 10.0. The summed E-state index contributed by atoms with van der Waals surface area (Å²) in [4.78, 5) is 54.2. The van der Waals surface area contributed by atoms with Crippen LogP contribution in [0.3, 0.4) is 0 Å². The predicted octanol–water partition coefficient (Wildman–Crippen LogP) is 6.51. The standard InChI is InChI=1S/C30H38N4O6.C25H30N4O4/c1-30(2,3)40-29(36)34(20-21-5-8-24-25(19-21)39-18-17-38-24)23-11-13-32(14-12-23)15-16-33-27(35)10-7-22-6-9-26(37-4)31-28(22)33;1-31-23-6-3-19-4-7-24(30)29(25(19)27-23)13-12-28-10-8-20(9-11-28)26-17-18-2-5-21-22(16-18)33-15-14-32-21/h5-10,19,23H,11-18,20H2,1-4H3;2-7,16,20,26H,8-15,17H2,1H3. The fourth-order valence-corrected chi connectivity index (χ4v) is 9.75. The number of ether oxygens (including phenoxy) is 7. The van der Waals surface area contributed by atoms with Crippen molar-refractivity contribution in [2.24, 2.45) is 0 Å². The van der Waals surface area contributed by atoms with Crippen molar-refractivity contribution in [3.05, 3.63) is 117 Å². The van der Waals surface area contributed by atoms with E-state index in [1.807, 2.05) is 74.2 Å². The number of hydrogen-bond donors (Lipinski definition) is 1. The minimum Gasteiger partial charge on any atom is -0.486 e. The Morgan fingerprint density at radius 2 is 1.08 bits per heavy atom. The van der Waals surface area contributed by atoms with Crippen molar-refractivity contribution in [2.75, 3.05) is 79.9 Å². The van der Waals surface area contributed by atoms with E-state index in [0.29, 0.717) is 87.5 Å². The quantitative estimate of drug-likeness (QED) is 0.125. The average molecular weight is 1000 g/mol. The van der Waals surface area contributed by atoms with Crippen molar-refractivity contribution in [3.63, 3.8) is 0 Å². The first kappa shape index (κ1) is 51.0. The maximum absolute atomic E-state index is 13.3. The number of benzene rings is 2. The molecule has 0 radical (unpaired) electrons. The minimum atomic E-state index is -0.592. The second-order valence-corrected chi connectivity index (χ2v) is 19.8. The van der Waals surface area contributed by atoms with Gasteiger partial charge in [0.05, 0.1) is 14.2 Å². The van der Waals surface area contributed by atoms with E-state index in [4.69, 9.17) is 33.2 Å². The zero-order valence-electron chi connectivity index (χ0n) is 42.7. The number of nitrogens with one attached hydrogen (secondary N) is 1. The van der Waals surface area contributed by atoms with Gasteiger partial charge in [-0.1, -0.05) is 12.1 Å². The Hall–Kier alpha value is -6.89. The number of rotatable bonds is 14. The summed E-state index contributed by atoms with van der Waals surface area (Å²) in [6.07, 6.45) is 3.46. The number of carbonyl (C=O) groups excluding carboxylic acids is 1. The van der Waals surface area contributed by atoms with Gasteiger partial charge in [-0.05, 0) is 119 Å². The van der Waals surface area contributed by atoms with Gasteiger partial charge in [0.25, 0.3) is 11.1 Å².